The first-order chi connectivity index (χ1) is 9.58. The Bertz CT molecular complexity index is 428. The van der Waals surface area contributed by atoms with Gasteiger partial charge in [-0.05, 0) is 79.6 Å². The smallest absolute Gasteiger partial charge is 0.133 e. The summed E-state index contributed by atoms with van der Waals surface area (Å²) in [5, 5.41) is 0. The molecule has 20 heavy (non-hydrogen) atoms. The van der Waals surface area contributed by atoms with E-state index in [1.54, 1.807) is 7.11 Å². The topological polar surface area (TPSA) is 15.7 Å². The molecule has 0 radical (unpaired) electrons. The van der Waals surface area contributed by atoms with Gasteiger partial charge in [-0.25, -0.2) is 0 Å². The van der Waals surface area contributed by atoms with Gasteiger partial charge in [-0.15, -0.1) is 0 Å². The third-order valence-corrected chi connectivity index (χ3v) is 4.57. The van der Waals surface area contributed by atoms with Crippen LogP contribution in [0, 0.1) is 5.92 Å². The third-order valence-electron chi connectivity index (χ3n) is 3.95. The van der Waals surface area contributed by atoms with Crippen molar-refractivity contribution in [3.8, 4) is 5.75 Å². The van der Waals surface area contributed by atoms with Crippen LogP contribution in [-0.2, 0) is 6.54 Å². The normalized spacial score (nSPS) is 17.6. The minimum Gasteiger partial charge on any atom is -0.496 e. The molecule has 3 nitrogen and oxygen atoms in total. The molecule has 0 unspecified atom stereocenters. The Morgan fingerprint density at radius 3 is 2.55 bits per heavy atom. The van der Waals surface area contributed by atoms with E-state index < -0.39 is 0 Å². The van der Waals surface area contributed by atoms with E-state index in [0.29, 0.717) is 0 Å². The molecule has 0 amide bonds. The summed E-state index contributed by atoms with van der Waals surface area (Å²) in [6.45, 7) is 4.68. The minimum atomic E-state index is 0.865. The number of piperidine rings is 1. The molecule has 1 aliphatic rings. The molecule has 0 atom stereocenters. The van der Waals surface area contributed by atoms with Gasteiger partial charge in [0.2, 0.25) is 0 Å². The van der Waals surface area contributed by atoms with Gasteiger partial charge < -0.3 is 9.64 Å². The molecule has 1 aromatic rings. The zero-order chi connectivity index (χ0) is 14.5. The number of hydrogen-bond acceptors (Lipinski definition) is 3. The van der Waals surface area contributed by atoms with E-state index in [0.717, 1.165) is 22.7 Å². The van der Waals surface area contributed by atoms with Crippen LogP contribution in [0.1, 0.15) is 18.4 Å². The van der Waals surface area contributed by atoms with Crippen molar-refractivity contribution < 1.29 is 4.74 Å². The van der Waals surface area contributed by atoms with Crippen LogP contribution in [0.5, 0.6) is 5.75 Å². The number of rotatable bonds is 5. The Hall–Kier alpha value is -0.580. The molecule has 112 valence electrons. The third kappa shape index (κ3) is 4.47. The highest BCUT2D eigenvalue weighted by molar-refractivity contribution is 9.10. The summed E-state index contributed by atoms with van der Waals surface area (Å²) in [6.07, 6.45) is 2.63. The van der Waals surface area contributed by atoms with E-state index in [1.807, 2.05) is 6.07 Å². The zero-order valence-corrected chi connectivity index (χ0v) is 14.3. The molecule has 0 saturated carbocycles. The van der Waals surface area contributed by atoms with E-state index in [4.69, 9.17) is 4.74 Å². The number of ether oxygens (including phenoxy) is 1. The summed E-state index contributed by atoms with van der Waals surface area (Å²) in [7, 11) is 6.04. The largest absolute Gasteiger partial charge is 0.496 e. The number of hydrogen-bond donors (Lipinski definition) is 0. The van der Waals surface area contributed by atoms with Crippen molar-refractivity contribution in [2.75, 3.05) is 40.8 Å². The Labute approximate surface area is 131 Å². The fraction of sp³-hybridized carbons (Fsp3) is 0.625. The van der Waals surface area contributed by atoms with Crippen LogP contribution in [0.2, 0.25) is 0 Å². The highest BCUT2D eigenvalue weighted by atomic mass is 79.9. The zero-order valence-electron chi connectivity index (χ0n) is 12.7. The van der Waals surface area contributed by atoms with Crippen LogP contribution in [0.3, 0.4) is 0 Å². The van der Waals surface area contributed by atoms with Crippen molar-refractivity contribution in [2.45, 2.75) is 19.4 Å². The number of halogens is 1. The average molecular weight is 341 g/mol. The van der Waals surface area contributed by atoms with Gasteiger partial charge in [0.1, 0.15) is 5.75 Å². The standard InChI is InChI=1S/C16H25BrN2O/c1-18(2)11-13-6-8-19(9-7-13)12-14-4-5-16(20-3)15(17)10-14/h4-5,10,13H,6-9,11-12H2,1-3H3. The van der Waals surface area contributed by atoms with E-state index in [9.17, 15) is 0 Å². The number of likely N-dealkylation sites (tertiary alicyclic amines) is 1. The predicted octanol–water partition coefficient (Wildman–Crippen LogP) is 3.23. The molecule has 0 bridgehead atoms. The lowest BCUT2D eigenvalue weighted by Crippen LogP contribution is -2.36. The lowest BCUT2D eigenvalue weighted by Gasteiger charge is -2.33. The summed E-state index contributed by atoms with van der Waals surface area (Å²) in [6, 6.07) is 6.37. The van der Waals surface area contributed by atoms with E-state index >= 15 is 0 Å². The van der Waals surface area contributed by atoms with E-state index in [-0.39, 0.29) is 0 Å². The molecule has 1 aliphatic heterocycles. The molecule has 1 heterocycles. The maximum atomic E-state index is 5.28. The molecule has 1 fully saturated rings. The summed E-state index contributed by atoms with van der Waals surface area (Å²) in [5.74, 6) is 1.77. The van der Waals surface area contributed by atoms with Gasteiger partial charge in [-0.2, -0.15) is 0 Å². The van der Waals surface area contributed by atoms with Crippen molar-refractivity contribution in [1.29, 1.82) is 0 Å². The Kier molecular flexibility index (Phi) is 5.87. The predicted molar refractivity (Wildman–Crippen MR) is 87.2 cm³/mol. The SMILES string of the molecule is COc1ccc(CN2CCC(CN(C)C)CC2)cc1Br. The van der Waals surface area contributed by atoms with Crippen LogP contribution in [0.25, 0.3) is 0 Å². The molecule has 0 aliphatic carbocycles. The van der Waals surface area contributed by atoms with Crippen molar-refractivity contribution in [2.24, 2.45) is 5.92 Å². The number of methoxy groups -OCH3 is 1. The summed E-state index contributed by atoms with van der Waals surface area (Å²) >= 11 is 3.56. The van der Waals surface area contributed by atoms with Gasteiger partial charge in [0, 0.05) is 13.1 Å². The molecule has 4 heteroatoms. The first-order valence-corrected chi connectivity index (χ1v) is 8.07. The summed E-state index contributed by atoms with van der Waals surface area (Å²) in [4.78, 5) is 4.86. The number of benzene rings is 1. The fourth-order valence-electron chi connectivity index (χ4n) is 2.91. The molecular weight excluding hydrogens is 316 g/mol. The molecule has 0 spiro atoms. The van der Waals surface area contributed by atoms with Gasteiger partial charge in [0.05, 0.1) is 11.6 Å². The summed E-state index contributed by atoms with van der Waals surface area (Å²) < 4.78 is 6.32. The van der Waals surface area contributed by atoms with Crippen molar-refractivity contribution in [3.05, 3.63) is 28.2 Å². The molecule has 0 aromatic heterocycles. The van der Waals surface area contributed by atoms with Crippen molar-refractivity contribution in [3.63, 3.8) is 0 Å². The Morgan fingerprint density at radius 1 is 1.30 bits per heavy atom. The van der Waals surface area contributed by atoms with Gasteiger partial charge >= 0.3 is 0 Å². The lowest BCUT2D eigenvalue weighted by atomic mass is 9.96. The maximum absolute atomic E-state index is 5.28. The highest BCUT2D eigenvalue weighted by Crippen LogP contribution is 2.27. The van der Waals surface area contributed by atoms with E-state index in [1.165, 1.54) is 38.0 Å². The quantitative estimate of drug-likeness (QED) is 0.818. The van der Waals surface area contributed by atoms with Crippen LogP contribution < -0.4 is 4.74 Å². The van der Waals surface area contributed by atoms with Crippen LogP contribution in [0.4, 0.5) is 0 Å². The minimum absolute atomic E-state index is 0.865. The van der Waals surface area contributed by atoms with Crippen molar-refractivity contribution >= 4 is 15.9 Å². The second-order valence-electron chi connectivity index (χ2n) is 5.95. The molecule has 1 aromatic carbocycles. The summed E-state index contributed by atoms with van der Waals surface area (Å²) in [5.41, 5.74) is 1.35. The Balaban J connectivity index is 1.85. The van der Waals surface area contributed by atoms with Crippen molar-refractivity contribution in [1.82, 2.24) is 9.80 Å². The lowest BCUT2D eigenvalue weighted by molar-refractivity contribution is 0.157. The van der Waals surface area contributed by atoms with Gasteiger partial charge in [0.25, 0.3) is 0 Å². The van der Waals surface area contributed by atoms with Crippen LogP contribution >= 0.6 is 15.9 Å². The molecule has 2 rings (SSSR count). The molecule has 1 saturated heterocycles. The van der Waals surface area contributed by atoms with Gasteiger partial charge in [0.15, 0.2) is 0 Å². The molecular formula is C16H25BrN2O. The second kappa shape index (κ2) is 7.43. The first-order valence-electron chi connectivity index (χ1n) is 7.28. The fourth-order valence-corrected chi connectivity index (χ4v) is 3.50. The average Bonchev–Trinajstić information content (AvgIpc) is 2.41. The van der Waals surface area contributed by atoms with Crippen LogP contribution in [0.15, 0.2) is 22.7 Å². The van der Waals surface area contributed by atoms with Crippen LogP contribution in [-0.4, -0.2) is 50.6 Å². The monoisotopic (exact) mass is 340 g/mol. The Morgan fingerprint density at radius 2 is 2.00 bits per heavy atom. The molecule has 0 N–H and O–H groups in total. The maximum Gasteiger partial charge on any atom is 0.133 e. The first kappa shape index (κ1) is 15.8. The van der Waals surface area contributed by atoms with Gasteiger partial charge in [-0.3, -0.25) is 4.90 Å². The van der Waals surface area contributed by atoms with Gasteiger partial charge in [-0.1, -0.05) is 6.07 Å². The highest BCUT2D eigenvalue weighted by Gasteiger charge is 2.19. The number of nitrogens with zero attached hydrogens (tertiary/aromatic N) is 2. The van der Waals surface area contributed by atoms with E-state index in [2.05, 4.69) is 52.0 Å². The second-order valence-corrected chi connectivity index (χ2v) is 6.81.